The van der Waals surface area contributed by atoms with E-state index in [-0.39, 0.29) is 19.4 Å². The molecule has 0 saturated heterocycles. The second-order valence-electron chi connectivity index (χ2n) is 4.15. The highest BCUT2D eigenvalue weighted by Crippen LogP contribution is 2.34. The number of benzene rings is 1. The molecule has 1 aromatic carbocycles. The van der Waals surface area contributed by atoms with Gasteiger partial charge in [0.1, 0.15) is 10.0 Å². The number of anilines is 1. The van der Waals surface area contributed by atoms with Crippen LogP contribution < -0.4 is 10.0 Å². The van der Waals surface area contributed by atoms with E-state index in [0.717, 1.165) is 29.0 Å². The first kappa shape index (κ1) is 16.7. The Labute approximate surface area is 139 Å². The zero-order valence-electron chi connectivity index (χ0n) is 10.8. The van der Waals surface area contributed by atoms with Gasteiger partial charge in [-0.25, -0.2) is 12.8 Å². The van der Waals surface area contributed by atoms with Gasteiger partial charge >= 0.3 is 0 Å². The smallest absolute Gasteiger partial charge is 0.271 e. The summed E-state index contributed by atoms with van der Waals surface area (Å²) in [6.45, 7) is 0.576. The van der Waals surface area contributed by atoms with Gasteiger partial charge in [-0.1, -0.05) is 11.6 Å². The molecule has 0 spiro atoms. The van der Waals surface area contributed by atoms with Crippen LogP contribution >= 0.6 is 38.9 Å². The quantitative estimate of drug-likeness (QED) is 0.783. The molecule has 0 saturated carbocycles. The highest BCUT2D eigenvalue weighted by Gasteiger charge is 2.20. The number of hydrogen-bond donors (Lipinski definition) is 2. The summed E-state index contributed by atoms with van der Waals surface area (Å²) in [4.78, 5) is 0. The van der Waals surface area contributed by atoms with E-state index in [0.29, 0.717) is 6.54 Å². The SMILES string of the molecule is CNCc1csc(S(=O)(=O)Nc2c(Cl)cc(F)cc2Br)c1. The van der Waals surface area contributed by atoms with Crippen LogP contribution in [0, 0.1) is 5.82 Å². The fraction of sp³-hybridized carbons (Fsp3) is 0.167. The number of thiophene rings is 1. The molecular formula is C12H11BrClFN2O2S2. The minimum absolute atomic E-state index is 0.0162. The maximum absolute atomic E-state index is 13.2. The van der Waals surface area contributed by atoms with Crippen molar-refractivity contribution in [2.45, 2.75) is 10.8 Å². The van der Waals surface area contributed by atoms with Crippen molar-refractivity contribution < 1.29 is 12.8 Å². The van der Waals surface area contributed by atoms with Gasteiger partial charge < -0.3 is 5.32 Å². The maximum atomic E-state index is 13.2. The highest BCUT2D eigenvalue weighted by molar-refractivity contribution is 9.10. The summed E-state index contributed by atoms with van der Waals surface area (Å²) in [5, 5.41) is 4.68. The Morgan fingerprint density at radius 1 is 1.38 bits per heavy atom. The van der Waals surface area contributed by atoms with Crippen LogP contribution in [0.3, 0.4) is 0 Å². The summed E-state index contributed by atoms with van der Waals surface area (Å²) in [7, 11) is -1.99. The molecular weight excluding hydrogens is 403 g/mol. The number of hydrogen-bond acceptors (Lipinski definition) is 4. The van der Waals surface area contributed by atoms with Gasteiger partial charge in [-0.15, -0.1) is 11.3 Å². The van der Waals surface area contributed by atoms with Gasteiger partial charge in [-0.05, 0) is 52.1 Å². The molecule has 0 aliphatic heterocycles. The third-order valence-electron chi connectivity index (χ3n) is 2.52. The number of rotatable bonds is 5. The molecule has 0 fully saturated rings. The average Bonchev–Trinajstić information content (AvgIpc) is 2.84. The fourth-order valence-electron chi connectivity index (χ4n) is 1.62. The van der Waals surface area contributed by atoms with Crippen molar-refractivity contribution in [3.63, 3.8) is 0 Å². The van der Waals surface area contributed by atoms with Crippen LogP contribution in [-0.4, -0.2) is 15.5 Å². The molecule has 0 aliphatic rings. The molecule has 9 heteroatoms. The van der Waals surface area contributed by atoms with Gasteiger partial charge in [0.2, 0.25) is 0 Å². The largest absolute Gasteiger partial charge is 0.316 e. The van der Waals surface area contributed by atoms with E-state index in [2.05, 4.69) is 26.0 Å². The van der Waals surface area contributed by atoms with E-state index in [4.69, 9.17) is 11.6 Å². The summed E-state index contributed by atoms with van der Waals surface area (Å²) in [5.74, 6) is -0.553. The second kappa shape index (κ2) is 6.62. The minimum atomic E-state index is -3.76. The Balaban J connectivity index is 2.33. The molecule has 0 amide bonds. The Hall–Kier alpha value is -0.670. The molecule has 2 rings (SSSR count). The van der Waals surface area contributed by atoms with E-state index in [1.165, 1.54) is 0 Å². The van der Waals surface area contributed by atoms with Gasteiger partial charge in [-0.3, -0.25) is 4.72 Å². The molecule has 0 bridgehead atoms. The molecule has 0 radical (unpaired) electrons. The third kappa shape index (κ3) is 3.95. The Kier molecular flexibility index (Phi) is 5.26. The molecule has 4 nitrogen and oxygen atoms in total. The third-order valence-corrected chi connectivity index (χ3v) is 6.28. The topological polar surface area (TPSA) is 58.2 Å². The lowest BCUT2D eigenvalue weighted by molar-refractivity contribution is 0.602. The van der Waals surface area contributed by atoms with E-state index in [1.807, 2.05) is 0 Å². The minimum Gasteiger partial charge on any atom is -0.316 e. The van der Waals surface area contributed by atoms with Crippen molar-refractivity contribution in [2.24, 2.45) is 0 Å². The lowest BCUT2D eigenvalue weighted by Gasteiger charge is -2.10. The lowest BCUT2D eigenvalue weighted by Crippen LogP contribution is -2.12. The van der Waals surface area contributed by atoms with Crippen LogP contribution in [0.2, 0.25) is 5.02 Å². The monoisotopic (exact) mass is 412 g/mol. The Morgan fingerprint density at radius 3 is 2.71 bits per heavy atom. The van der Waals surface area contributed by atoms with Gasteiger partial charge in [-0.2, -0.15) is 0 Å². The lowest BCUT2D eigenvalue weighted by atomic mass is 10.3. The molecule has 1 aromatic heterocycles. The Morgan fingerprint density at radius 2 is 2.10 bits per heavy atom. The van der Waals surface area contributed by atoms with E-state index >= 15 is 0 Å². The van der Waals surface area contributed by atoms with Crippen molar-refractivity contribution in [2.75, 3.05) is 11.8 Å². The van der Waals surface area contributed by atoms with Crippen LogP contribution in [0.4, 0.5) is 10.1 Å². The summed E-state index contributed by atoms with van der Waals surface area (Å²) in [5.41, 5.74) is 0.980. The predicted molar refractivity (Wildman–Crippen MR) is 87.0 cm³/mol. The average molecular weight is 414 g/mol. The molecule has 1 heterocycles. The van der Waals surface area contributed by atoms with Gasteiger partial charge in [0, 0.05) is 11.0 Å². The summed E-state index contributed by atoms with van der Waals surface area (Å²) in [6, 6.07) is 3.77. The first-order valence-electron chi connectivity index (χ1n) is 5.73. The fourth-order valence-corrected chi connectivity index (χ4v) is 5.01. The van der Waals surface area contributed by atoms with Crippen LogP contribution in [0.15, 0.2) is 32.3 Å². The first-order valence-corrected chi connectivity index (χ1v) is 9.26. The van der Waals surface area contributed by atoms with Gasteiger partial charge in [0.25, 0.3) is 10.0 Å². The van der Waals surface area contributed by atoms with Crippen LogP contribution in [0.5, 0.6) is 0 Å². The van der Waals surface area contributed by atoms with Crippen molar-refractivity contribution >= 4 is 54.6 Å². The predicted octanol–water partition coefficient (Wildman–Crippen LogP) is 3.82. The van der Waals surface area contributed by atoms with Crippen molar-refractivity contribution in [3.8, 4) is 0 Å². The van der Waals surface area contributed by atoms with E-state index < -0.39 is 15.8 Å². The van der Waals surface area contributed by atoms with E-state index in [1.54, 1.807) is 18.5 Å². The van der Waals surface area contributed by atoms with Gasteiger partial charge in [0.15, 0.2) is 0 Å². The second-order valence-corrected chi connectivity index (χ2v) is 8.24. The molecule has 2 aromatic rings. The molecule has 21 heavy (non-hydrogen) atoms. The maximum Gasteiger partial charge on any atom is 0.271 e. The van der Waals surface area contributed by atoms with Crippen molar-refractivity contribution in [3.05, 3.63) is 44.5 Å². The van der Waals surface area contributed by atoms with Gasteiger partial charge in [0.05, 0.1) is 10.7 Å². The highest BCUT2D eigenvalue weighted by atomic mass is 79.9. The first-order chi connectivity index (χ1) is 9.83. The van der Waals surface area contributed by atoms with Crippen LogP contribution in [0.1, 0.15) is 5.56 Å². The Bertz CT molecular complexity index is 741. The molecule has 0 atom stereocenters. The zero-order valence-corrected chi connectivity index (χ0v) is 14.8. The summed E-state index contributed by atoms with van der Waals surface area (Å²) >= 11 is 10.1. The molecule has 0 aliphatic carbocycles. The van der Waals surface area contributed by atoms with Crippen molar-refractivity contribution in [1.82, 2.24) is 5.32 Å². The molecule has 0 unspecified atom stereocenters. The van der Waals surface area contributed by atoms with E-state index in [9.17, 15) is 12.8 Å². The zero-order chi connectivity index (χ0) is 15.6. The van der Waals surface area contributed by atoms with Crippen LogP contribution in [0.25, 0.3) is 0 Å². The number of halogens is 3. The molecule has 2 N–H and O–H groups in total. The summed E-state index contributed by atoms with van der Waals surface area (Å²) < 4.78 is 40.6. The number of nitrogens with one attached hydrogen (secondary N) is 2. The molecule has 114 valence electrons. The number of sulfonamides is 1. The van der Waals surface area contributed by atoms with Crippen LogP contribution in [-0.2, 0) is 16.6 Å². The normalized spacial score (nSPS) is 11.6. The summed E-state index contributed by atoms with van der Waals surface area (Å²) in [6.07, 6.45) is 0. The van der Waals surface area contributed by atoms with Crippen molar-refractivity contribution in [1.29, 1.82) is 0 Å². The standard InChI is InChI=1S/C12H11BrClFN2O2S2/c1-16-5-7-2-11(20-6-7)21(18,19)17-12-9(13)3-8(15)4-10(12)14/h2-4,6,16-17H,5H2,1H3.